The minimum Gasteiger partial charge on any atom is -0.462 e. The first-order valence-electron chi connectivity index (χ1n) is 27.7. The first kappa shape index (κ1) is 61.1. The molecule has 0 rings (SSSR count). The van der Waals surface area contributed by atoms with Gasteiger partial charge in [0.15, 0.2) is 0 Å². The van der Waals surface area contributed by atoms with Crippen LogP contribution in [0.4, 0.5) is 0 Å². The Balaban J connectivity index is 4.57. The zero-order valence-corrected chi connectivity index (χ0v) is 42.2. The van der Waals surface area contributed by atoms with Crippen LogP contribution < -0.4 is 5.32 Å². The van der Waals surface area contributed by atoms with Gasteiger partial charge in [-0.15, -0.1) is 0 Å². The fourth-order valence-electron chi connectivity index (χ4n) is 8.56. The molecule has 1 amide bonds. The average Bonchev–Trinajstić information content (AvgIpc) is 3.28. The Labute approximate surface area is 392 Å². The Morgan fingerprint density at radius 1 is 0.476 bits per heavy atom. The van der Waals surface area contributed by atoms with E-state index in [9.17, 15) is 19.8 Å². The molecule has 3 atom stereocenters. The molecule has 0 fully saturated rings. The molecular weight excluding hydrogens is 779 g/mol. The van der Waals surface area contributed by atoms with Crippen molar-refractivity contribution in [1.82, 2.24) is 5.32 Å². The standard InChI is InChI=1S/C57H107NO5/c1-4-7-10-13-16-19-22-25-28-29-30-33-36-39-42-45-48-53(63-57(62)50-47-44-41-38-35-32-27-24-21-18-15-12-9-6-3)51-56(61)58-54(52-59)55(60)49-46-43-40-37-34-31-26-23-20-17-14-11-8-5-2/h9,12,18,21,27,32,53-55,59-60H,4-8,10-11,13-17,19-20,22-26,28-31,33-52H2,1-3H3,(H,58,61)/b12-9+,21-18+,32-27+. The van der Waals surface area contributed by atoms with Gasteiger partial charge in [-0.1, -0.05) is 256 Å². The first-order valence-corrected chi connectivity index (χ1v) is 27.7. The normalized spacial score (nSPS) is 13.4. The number of aliphatic hydroxyl groups is 2. The molecule has 63 heavy (non-hydrogen) atoms. The molecule has 6 heteroatoms. The van der Waals surface area contributed by atoms with Gasteiger partial charge in [0.2, 0.25) is 5.91 Å². The van der Waals surface area contributed by atoms with Gasteiger partial charge in [0.25, 0.3) is 0 Å². The summed E-state index contributed by atoms with van der Waals surface area (Å²) >= 11 is 0. The van der Waals surface area contributed by atoms with E-state index in [0.29, 0.717) is 19.3 Å². The van der Waals surface area contributed by atoms with Gasteiger partial charge in [-0.2, -0.15) is 0 Å². The number of amides is 1. The smallest absolute Gasteiger partial charge is 0.306 e. The predicted molar refractivity (Wildman–Crippen MR) is 273 cm³/mol. The Morgan fingerprint density at radius 2 is 0.857 bits per heavy atom. The predicted octanol–water partition coefficient (Wildman–Crippen LogP) is 16.8. The number of carbonyl (C=O) groups is 2. The lowest BCUT2D eigenvalue weighted by atomic mass is 10.0. The number of hydrogen-bond acceptors (Lipinski definition) is 5. The third kappa shape index (κ3) is 46.4. The molecule has 0 saturated heterocycles. The number of ether oxygens (including phenoxy) is 1. The van der Waals surface area contributed by atoms with Gasteiger partial charge in [0.05, 0.1) is 25.2 Å². The Morgan fingerprint density at radius 3 is 1.30 bits per heavy atom. The highest BCUT2D eigenvalue weighted by Gasteiger charge is 2.24. The molecule has 0 aromatic carbocycles. The van der Waals surface area contributed by atoms with Crippen LogP contribution in [0.1, 0.15) is 290 Å². The van der Waals surface area contributed by atoms with Crippen LogP contribution in [-0.2, 0) is 14.3 Å². The van der Waals surface area contributed by atoms with Crippen molar-refractivity contribution in [2.75, 3.05) is 6.61 Å². The fraction of sp³-hybridized carbons (Fsp3) is 0.860. The van der Waals surface area contributed by atoms with Crippen molar-refractivity contribution in [3.8, 4) is 0 Å². The maximum atomic E-state index is 13.2. The molecule has 0 aliphatic carbocycles. The molecule has 0 heterocycles. The molecular formula is C57H107NO5. The van der Waals surface area contributed by atoms with Gasteiger partial charge in [-0.25, -0.2) is 0 Å². The van der Waals surface area contributed by atoms with Crippen molar-refractivity contribution < 1.29 is 24.5 Å². The van der Waals surface area contributed by atoms with Gasteiger partial charge in [0.1, 0.15) is 6.10 Å². The van der Waals surface area contributed by atoms with Crippen LogP contribution in [0.5, 0.6) is 0 Å². The molecule has 0 radical (unpaired) electrons. The number of unbranched alkanes of at least 4 members (excludes halogenated alkanes) is 32. The summed E-state index contributed by atoms with van der Waals surface area (Å²) in [4.78, 5) is 26.2. The van der Waals surface area contributed by atoms with Crippen molar-refractivity contribution in [2.24, 2.45) is 0 Å². The number of aliphatic hydroxyl groups excluding tert-OH is 2. The Bertz CT molecular complexity index is 1040. The van der Waals surface area contributed by atoms with Gasteiger partial charge >= 0.3 is 5.97 Å². The Hall–Kier alpha value is -1.92. The van der Waals surface area contributed by atoms with Gasteiger partial charge < -0.3 is 20.3 Å². The van der Waals surface area contributed by atoms with Crippen LogP contribution in [-0.4, -0.2) is 46.9 Å². The maximum Gasteiger partial charge on any atom is 0.306 e. The average molecular weight is 886 g/mol. The second-order valence-electron chi connectivity index (χ2n) is 19.0. The lowest BCUT2D eigenvalue weighted by Gasteiger charge is -2.24. The van der Waals surface area contributed by atoms with E-state index in [0.717, 1.165) is 77.0 Å². The van der Waals surface area contributed by atoms with Crippen molar-refractivity contribution >= 4 is 11.9 Å². The number of nitrogens with one attached hydrogen (secondary N) is 1. The van der Waals surface area contributed by atoms with Crippen LogP contribution in [0, 0.1) is 0 Å². The zero-order valence-electron chi connectivity index (χ0n) is 42.2. The van der Waals surface area contributed by atoms with E-state index in [-0.39, 0.29) is 24.9 Å². The quantitative estimate of drug-likeness (QED) is 0.0321. The highest BCUT2D eigenvalue weighted by Crippen LogP contribution is 2.19. The topological polar surface area (TPSA) is 95.9 Å². The summed E-state index contributed by atoms with van der Waals surface area (Å²) < 4.78 is 5.94. The second kappa shape index (κ2) is 51.1. The summed E-state index contributed by atoms with van der Waals surface area (Å²) in [5.41, 5.74) is 0. The van der Waals surface area contributed by atoms with Gasteiger partial charge in [-0.05, 0) is 57.8 Å². The third-order valence-electron chi connectivity index (χ3n) is 12.7. The molecule has 0 aliphatic heterocycles. The molecule has 0 spiro atoms. The van der Waals surface area contributed by atoms with E-state index >= 15 is 0 Å². The highest BCUT2D eigenvalue weighted by atomic mass is 16.5. The summed E-state index contributed by atoms with van der Waals surface area (Å²) in [5, 5.41) is 23.8. The third-order valence-corrected chi connectivity index (χ3v) is 12.7. The minimum absolute atomic E-state index is 0.0729. The Kier molecular flexibility index (Phi) is 49.5. The van der Waals surface area contributed by atoms with Crippen LogP contribution in [0.3, 0.4) is 0 Å². The molecule has 370 valence electrons. The maximum absolute atomic E-state index is 13.2. The first-order chi connectivity index (χ1) is 31.0. The fourth-order valence-corrected chi connectivity index (χ4v) is 8.56. The van der Waals surface area contributed by atoms with Gasteiger partial charge in [0, 0.05) is 6.42 Å². The van der Waals surface area contributed by atoms with Crippen LogP contribution >= 0.6 is 0 Å². The van der Waals surface area contributed by atoms with Crippen LogP contribution in [0.2, 0.25) is 0 Å². The summed E-state index contributed by atoms with van der Waals surface area (Å²) in [6.45, 7) is 6.40. The second-order valence-corrected chi connectivity index (χ2v) is 19.0. The lowest BCUT2D eigenvalue weighted by molar-refractivity contribution is -0.151. The van der Waals surface area contributed by atoms with Crippen molar-refractivity contribution in [3.63, 3.8) is 0 Å². The largest absolute Gasteiger partial charge is 0.462 e. The van der Waals surface area contributed by atoms with E-state index in [1.165, 1.54) is 167 Å². The van der Waals surface area contributed by atoms with E-state index in [1.54, 1.807) is 0 Å². The number of carbonyl (C=O) groups excluding carboxylic acids is 2. The molecule has 0 aliphatic rings. The molecule has 3 unspecified atom stereocenters. The summed E-state index contributed by atoms with van der Waals surface area (Å²) in [6.07, 6.45) is 60.6. The number of esters is 1. The van der Waals surface area contributed by atoms with E-state index in [4.69, 9.17) is 4.74 Å². The minimum atomic E-state index is -0.789. The van der Waals surface area contributed by atoms with E-state index in [1.807, 2.05) is 0 Å². The molecule has 6 nitrogen and oxygen atoms in total. The summed E-state index contributed by atoms with van der Waals surface area (Å²) in [6, 6.07) is -0.703. The molecule has 0 aromatic rings. The van der Waals surface area contributed by atoms with Crippen molar-refractivity contribution in [1.29, 1.82) is 0 Å². The molecule has 0 aromatic heterocycles. The van der Waals surface area contributed by atoms with E-state index in [2.05, 4.69) is 62.5 Å². The highest BCUT2D eigenvalue weighted by molar-refractivity contribution is 5.77. The molecule has 3 N–H and O–H groups in total. The summed E-state index contributed by atoms with van der Waals surface area (Å²) in [5.74, 6) is -0.485. The molecule has 0 saturated carbocycles. The monoisotopic (exact) mass is 886 g/mol. The van der Waals surface area contributed by atoms with E-state index < -0.39 is 18.2 Å². The van der Waals surface area contributed by atoms with Crippen LogP contribution in [0.15, 0.2) is 36.5 Å². The number of hydrogen-bond donors (Lipinski definition) is 3. The van der Waals surface area contributed by atoms with Gasteiger partial charge in [-0.3, -0.25) is 9.59 Å². The molecule has 0 bridgehead atoms. The lowest BCUT2D eigenvalue weighted by Crippen LogP contribution is -2.46. The number of rotatable bonds is 50. The van der Waals surface area contributed by atoms with Crippen LogP contribution in [0.25, 0.3) is 0 Å². The van der Waals surface area contributed by atoms with Crippen molar-refractivity contribution in [2.45, 2.75) is 309 Å². The summed E-state index contributed by atoms with van der Waals surface area (Å²) in [7, 11) is 0. The zero-order chi connectivity index (χ0) is 45.9. The SMILES string of the molecule is CC/C=C/C/C=C/C/C=C/CCCCCCC(=O)OC(CCCCCCCCCCCCCCCCCC)CC(=O)NC(CO)C(O)CCCCCCCCCCCCCCCC. The van der Waals surface area contributed by atoms with Crippen molar-refractivity contribution in [3.05, 3.63) is 36.5 Å². The number of allylic oxidation sites excluding steroid dienone is 6.